The molecule has 0 aliphatic carbocycles. The number of likely N-dealkylation sites (tertiary alicyclic amines) is 1. The minimum atomic E-state index is -0.115. The van der Waals surface area contributed by atoms with Gasteiger partial charge in [0.1, 0.15) is 5.75 Å². The Morgan fingerprint density at radius 3 is 2.26 bits per heavy atom. The molecule has 3 nitrogen and oxygen atoms in total. The first-order valence-electron chi connectivity index (χ1n) is 8.27. The molecule has 23 heavy (non-hydrogen) atoms. The summed E-state index contributed by atoms with van der Waals surface area (Å²) < 4.78 is 0. The average molecular weight is 309 g/mol. The van der Waals surface area contributed by atoms with Gasteiger partial charge in [0.15, 0.2) is 5.78 Å². The highest BCUT2D eigenvalue weighted by atomic mass is 16.3. The lowest BCUT2D eigenvalue weighted by Gasteiger charge is -2.35. The number of phenols is 1. The second-order valence-electron chi connectivity index (χ2n) is 6.31. The van der Waals surface area contributed by atoms with Gasteiger partial charge in [0.25, 0.3) is 0 Å². The molecule has 1 atom stereocenters. The first-order chi connectivity index (χ1) is 11.1. The maximum absolute atomic E-state index is 12.6. The minimum Gasteiger partial charge on any atom is -0.508 e. The fraction of sp³-hybridized carbons (Fsp3) is 0.350. The Morgan fingerprint density at radius 2 is 1.65 bits per heavy atom. The molecule has 1 saturated heterocycles. The number of hydrogen-bond acceptors (Lipinski definition) is 3. The smallest absolute Gasteiger partial charge is 0.179 e. The fourth-order valence-electron chi connectivity index (χ4n) is 3.38. The molecular formula is C20H23NO2. The lowest BCUT2D eigenvalue weighted by Crippen LogP contribution is -2.43. The number of Topliss-reactive ketones (excluding diaryl/α,β-unsaturated/α-hetero) is 1. The van der Waals surface area contributed by atoms with Gasteiger partial charge >= 0.3 is 0 Å². The summed E-state index contributed by atoms with van der Waals surface area (Å²) in [6, 6.07) is 17.1. The highest BCUT2D eigenvalue weighted by molar-refractivity contribution is 5.99. The van der Waals surface area contributed by atoms with Gasteiger partial charge < -0.3 is 5.11 Å². The number of ketones is 1. The summed E-state index contributed by atoms with van der Waals surface area (Å²) in [5.74, 6) is 0.921. The van der Waals surface area contributed by atoms with Crippen molar-refractivity contribution in [3.8, 4) is 5.75 Å². The second-order valence-corrected chi connectivity index (χ2v) is 6.31. The quantitative estimate of drug-likeness (QED) is 0.872. The number of aromatic hydroxyl groups is 1. The fourth-order valence-corrected chi connectivity index (χ4v) is 3.38. The minimum absolute atomic E-state index is 0.115. The van der Waals surface area contributed by atoms with Crippen molar-refractivity contribution in [2.75, 3.05) is 13.1 Å². The molecule has 120 valence electrons. The zero-order valence-electron chi connectivity index (χ0n) is 13.5. The number of phenolic OH excluding ortho intramolecular Hbond substituents is 1. The normalized spacial score (nSPS) is 17.8. The molecule has 0 spiro atoms. The van der Waals surface area contributed by atoms with E-state index < -0.39 is 0 Å². The van der Waals surface area contributed by atoms with Crippen molar-refractivity contribution < 1.29 is 9.90 Å². The van der Waals surface area contributed by atoms with Crippen LogP contribution in [0.5, 0.6) is 5.75 Å². The summed E-state index contributed by atoms with van der Waals surface area (Å²) >= 11 is 0. The maximum Gasteiger partial charge on any atom is 0.179 e. The summed E-state index contributed by atoms with van der Waals surface area (Å²) in [4.78, 5) is 14.9. The lowest BCUT2D eigenvalue weighted by atomic mass is 9.88. The van der Waals surface area contributed by atoms with Crippen molar-refractivity contribution in [1.29, 1.82) is 0 Å². The van der Waals surface area contributed by atoms with Crippen molar-refractivity contribution >= 4 is 5.78 Å². The van der Waals surface area contributed by atoms with Crippen molar-refractivity contribution in [2.24, 2.45) is 0 Å². The van der Waals surface area contributed by atoms with Gasteiger partial charge in [-0.15, -0.1) is 0 Å². The number of rotatable bonds is 4. The molecule has 0 bridgehead atoms. The molecule has 0 amide bonds. The van der Waals surface area contributed by atoms with Gasteiger partial charge in [-0.05, 0) is 68.6 Å². The zero-order valence-corrected chi connectivity index (χ0v) is 13.5. The number of benzene rings is 2. The van der Waals surface area contributed by atoms with Crippen LogP contribution in [-0.4, -0.2) is 34.9 Å². The topological polar surface area (TPSA) is 40.5 Å². The summed E-state index contributed by atoms with van der Waals surface area (Å²) in [5, 5.41) is 9.34. The molecule has 0 aromatic heterocycles. The first-order valence-corrected chi connectivity index (χ1v) is 8.27. The molecule has 1 heterocycles. The standard InChI is InChI=1S/C20H23NO2/c1-15(20(23)18-7-9-19(22)10-8-18)21-13-11-17(12-14-21)16-5-3-2-4-6-16/h2-10,15,17,22H,11-14H2,1H3. The average Bonchev–Trinajstić information content (AvgIpc) is 2.62. The van der Waals surface area contributed by atoms with Gasteiger partial charge in [0, 0.05) is 5.56 Å². The molecule has 1 aliphatic rings. The van der Waals surface area contributed by atoms with Crippen molar-refractivity contribution in [3.05, 3.63) is 65.7 Å². The van der Waals surface area contributed by atoms with Crippen LogP contribution in [0.25, 0.3) is 0 Å². The number of carbonyl (C=O) groups excluding carboxylic acids is 1. The molecule has 3 heteroatoms. The SMILES string of the molecule is CC(C(=O)c1ccc(O)cc1)N1CCC(c2ccccc2)CC1. The van der Waals surface area contributed by atoms with Crippen LogP contribution in [0, 0.1) is 0 Å². The third kappa shape index (κ3) is 3.62. The summed E-state index contributed by atoms with van der Waals surface area (Å²) in [7, 11) is 0. The van der Waals surface area contributed by atoms with Gasteiger partial charge in [-0.3, -0.25) is 9.69 Å². The van der Waals surface area contributed by atoms with E-state index in [1.54, 1.807) is 24.3 Å². The molecule has 0 radical (unpaired) electrons. The second kappa shape index (κ2) is 6.97. The molecule has 3 rings (SSSR count). The largest absolute Gasteiger partial charge is 0.508 e. The number of carbonyl (C=O) groups is 1. The van der Waals surface area contributed by atoms with Crippen LogP contribution in [0.1, 0.15) is 41.6 Å². The van der Waals surface area contributed by atoms with Crippen molar-refractivity contribution in [2.45, 2.75) is 31.7 Å². The Kier molecular flexibility index (Phi) is 4.77. The monoisotopic (exact) mass is 309 g/mol. The molecule has 1 unspecified atom stereocenters. The van der Waals surface area contributed by atoms with E-state index in [0.717, 1.165) is 25.9 Å². The Balaban J connectivity index is 1.60. The summed E-state index contributed by atoms with van der Waals surface area (Å²) in [6.45, 7) is 3.88. The van der Waals surface area contributed by atoms with Crippen LogP contribution in [0.3, 0.4) is 0 Å². The molecule has 2 aromatic rings. The van der Waals surface area contributed by atoms with E-state index in [2.05, 4.69) is 35.2 Å². The molecule has 0 saturated carbocycles. The van der Waals surface area contributed by atoms with E-state index in [1.165, 1.54) is 5.56 Å². The molecule has 1 aliphatic heterocycles. The molecule has 2 aromatic carbocycles. The third-order valence-electron chi connectivity index (χ3n) is 4.88. The van der Waals surface area contributed by atoms with Gasteiger partial charge in [-0.25, -0.2) is 0 Å². The van der Waals surface area contributed by atoms with E-state index in [9.17, 15) is 9.90 Å². The number of hydrogen-bond donors (Lipinski definition) is 1. The first kappa shape index (κ1) is 15.8. The van der Waals surface area contributed by atoms with E-state index >= 15 is 0 Å². The highest BCUT2D eigenvalue weighted by Gasteiger charge is 2.27. The Bertz CT molecular complexity index is 643. The number of piperidine rings is 1. The highest BCUT2D eigenvalue weighted by Crippen LogP contribution is 2.29. The molecule has 1 N–H and O–H groups in total. The van der Waals surface area contributed by atoms with E-state index in [1.807, 2.05) is 6.92 Å². The number of nitrogens with zero attached hydrogens (tertiary/aromatic N) is 1. The zero-order chi connectivity index (χ0) is 16.2. The third-order valence-corrected chi connectivity index (χ3v) is 4.88. The summed E-state index contributed by atoms with van der Waals surface area (Å²) in [5.41, 5.74) is 2.07. The van der Waals surface area contributed by atoms with Gasteiger partial charge in [0.05, 0.1) is 6.04 Å². The predicted octanol–water partition coefficient (Wildman–Crippen LogP) is 3.84. The van der Waals surface area contributed by atoms with Crippen LogP contribution >= 0.6 is 0 Å². The molecular weight excluding hydrogens is 286 g/mol. The van der Waals surface area contributed by atoms with E-state index in [0.29, 0.717) is 11.5 Å². The van der Waals surface area contributed by atoms with Gasteiger partial charge in [0.2, 0.25) is 0 Å². The van der Waals surface area contributed by atoms with E-state index in [-0.39, 0.29) is 17.6 Å². The van der Waals surface area contributed by atoms with Crippen molar-refractivity contribution in [3.63, 3.8) is 0 Å². The van der Waals surface area contributed by atoms with Crippen LogP contribution in [0.2, 0.25) is 0 Å². The maximum atomic E-state index is 12.6. The van der Waals surface area contributed by atoms with Gasteiger partial charge in [-0.1, -0.05) is 30.3 Å². The van der Waals surface area contributed by atoms with Gasteiger partial charge in [-0.2, -0.15) is 0 Å². The lowest BCUT2D eigenvalue weighted by molar-refractivity contribution is 0.0797. The Morgan fingerprint density at radius 1 is 1.04 bits per heavy atom. The van der Waals surface area contributed by atoms with Crippen LogP contribution in [0.4, 0.5) is 0 Å². The van der Waals surface area contributed by atoms with Crippen molar-refractivity contribution in [1.82, 2.24) is 4.90 Å². The van der Waals surface area contributed by atoms with E-state index in [4.69, 9.17) is 0 Å². The summed E-state index contributed by atoms with van der Waals surface area (Å²) in [6.07, 6.45) is 2.19. The predicted molar refractivity (Wildman–Crippen MR) is 91.9 cm³/mol. The molecule has 1 fully saturated rings. The van der Waals surface area contributed by atoms with Crippen LogP contribution in [0.15, 0.2) is 54.6 Å². The Hall–Kier alpha value is -2.13. The van der Waals surface area contributed by atoms with Crippen LogP contribution < -0.4 is 0 Å². The Labute approximate surface area is 137 Å². The van der Waals surface area contributed by atoms with Crippen LogP contribution in [-0.2, 0) is 0 Å².